The van der Waals surface area contributed by atoms with Crippen LogP contribution < -0.4 is 5.73 Å². The number of nitrogens with two attached hydrogens (primary N) is 1. The Morgan fingerprint density at radius 2 is 1.76 bits per heavy atom. The Morgan fingerprint density at radius 1 is 1.24 bits per heavy atom. The summed E-state index contributed by atoms with van der Waals surface area (Å²) >= 11 is 0. The zero-order valence-electron chi connectivity index (χ0n) is 14.3. The van der Waals surface area contributed by atoms with Crippen molar-refractivity contribution in [1.29, 1.82) is 0 Å². The average Bonchev–Trinajstić information content (AvgIpc) is 2.38. The normalized spacial score (nSPS) is 16.0. The van der Waals surface area contributed by atoms with Crippen LogP contribution in [0.5, 0.6) is 0 Å². The summed E-state index contributed by atoms with van der Waals surface area (Å²) in [5.74, 6) is 0.364. The van der Waals surface area contributed by atoms with Gasteiger partial charge in [-0.15, -0.1) is 0 Å². The molecule has 0 aromatic heterocycles. The molecule has 0 aliphatic rings. The standard InChI is InChI=1S/C18H30N2O/c1-7-16(20(5)6)18(4,17(19)21)15-10-8-14(9-11-15)12-13(2)3/h8-11,13,16H,7,12H2,1-6H3,(H2,19,21). The molecule has 21 heavy (non-hydrogen) atoms. The smallest absolute Gasteiger partial charge is 0.229 e. The molecule has 0 fully saturated rings. The molecule has 0 aliphatic carbocycles. The lowest BCUT2D eigenvalue weighted by atomic mass is 9.73. The molecule has 3 heteroatoms. The molecule has 2 unspecified atom stereocenters. The third-order valence-corrected chi connectivity index (χ3v) is 4.39. The van der Waals surface area contributed by atoms with E-state index in [1.54, 1.807) is 0 Å². The molecule has 0 bridgehead atoms. The fourth-order valence-electron chi connectivity index (χ4n) is 3.25. The first kappa shape index (κ1) is 17.7. The van der Waals surface area contributed by atoms with E-state index < -0.39 is 5.41 Å². The maximum atomic E-state index is 12.2. The van der Waals surface area contributed by atoms with E-state index in [9.17, 15) is 4.79 Å². The Kier molecular flexibility index (Phi) is 5.97. The third-order valence-electron chi connectivity index (χ3n) is 4.39. The first-order valence-electron chi connectivity index (χ1n) is 7.79. The van der Waals surface area contributed by atoms with Gasteiger partial charge in [-0.1, -0.05) is 45.0 Å². The predicted octanol–water partition coefficient (Wildman–Crippen LogP) is 2.97. The highest BCUT2D eigenvalue weighted by Gasteiger charge is 2.41. The Balaban J connectivity index is 3.19. The number of likely N-dealkylation sites (N-methyl/N-ethyl adjacent to an activating group) is 1. The molecule has 1 aromatic rings. The maximum Gasteiger partial charge on any atom is 0.229 e. The van der Waals surface area contributed by atoms with E-state index in [0.717, 1.165) is 18.4 Å². The molecule has 0 saturated carbocycles. The summed E-state index contributed by atoms with van der Waals surface area (Å²) < 4.78 is 0. The first-order chi connectivity index (χ1) is 9.73. The van der Waals surface area contributed by atoms with Crippen LogP contribution in [0.4, 0.5) is 0 Å². The first-order valence-corrected chi connectivity index (χ1v) is 7.79. The van der Waals surface area contributed by atoms with Crippen LogP contribution in [0, 0.1) is 5.92 Å². The second-order valence-corrected chi connectivity index (χ2v) is 6.75. The van der Waals surface area contributed by atoms with E-state index >= 15 is 0 Å². The zero-order valence-corrected chi connectivity index (χ0v) is 14.3. The predicted molar refractivity (Wildman–Crippen MR) is 89.3 cm³/mol. The fraction of sp³-hybridized carbons (Fsp3) is 0.611. The van der Waals surface area contributed by atoms with Crippen molar-refractivity contribution < 1.29 is 4.79 Å². The van der Waals surface area contributed by atoms with Crippen molar-refractivity contribution >= 4 is 5.91 Å². The van der Waals surface area contributed by atoms with Gasteiger partial charge in [-0.3, -0.25) is 4.79 Å². The number of rotatable bonds is 7. The average molecular weight is 290 g/mol. The molecule has 0 spiro atoms. The molecule has 118 valence electrons. The number of primary amides is 1. The number of carbonyl (C=O) groups excluding carboxylic acids is 1. The minimum Gasteiger partial charge on any atom is -0.369 e. The molecule has 3 nitrogen and oxygen atoms in total. The topological polar surface area (TPSA) is 46.3 Å². The van der Waals surface area contributed by atoms with Crippen LogP contribution in [-0.4, -0.2) is 30.9 Å². The monoisotopic (exact) mass is 290 g/mol. The minimum atomic E-state index is -0.672. The van der Waals surface area contributed by atoms with E-state index in [1.807, 2.05) is 21.0 Å². The minimum absolute atomic E-state index is 0.0888. The molecule has 0 aliphatic heterocycles. The lowest BCUT2D eigenvalue weighted by Gasteiger charge is -2.39. The van der Waals surface area contributed by atoms with E-state index in [0.29, 0.717) is 5.92 Å². The highest BCUT2D eigenvalue weighted by atomic mass is 16.1. The van der Waals surface area contributed by atoms with Gasteiger partial charge in [-0.2, -0.15) is 0 Å². The van der Waals surface area contributed by atoms with Gasteiger partial charge in [0.05, 0.1) is 5.41 Å². The quantitative estimate of drug-likeness (QED) is 0.839. The van der Waals surface area contributed by atoms with Gasteiger partial charge in [0.15, 0.2) is 0 Å². The summed E-state index contributed by atoms with van der Waals surface area (Å²) in [4.78, 5) is 14.3. The summed E-state index contributed by atoms with van der Waals surface area (Å²) in [6.45, 7) is 8.47. The van der Waals surface area contributed by atoms with Gasteiger partial charge in [0, 0.05) is 6.04 Å². The molecular formula is C18H30N2O. The molecular weight excluding hydrogens is 260 g/mol. The zero-order chi connectivity index (χ0) is 16.2. The summed E-state index contributed by atoms with van der Waals surface area (Å²) in [5.41, 5.74) is 7.41. The van der Waals surface area contributed by atoms with Crippen molar-refractivity contribution in [3.05, 3.63) is 35.4 Å². The number of amides is 1. The molecule has 0 radical (unpaired) electrons. The number of benzene rings is 1. The summed E-state index contributed by atoms with van der Waals surface area (Å²) in [7, 11) is 4.00. The summed E-state index contributed by atoms with van der Waals surface area (Å²) in [5, 5.41) is 0. The van der Waals surface area contributed by atoms with Crippen molar-refractivity contribution in [2.75, 3.05) is 14.1 Å². The fourth-order valence-corrected chi connectivity index (χ4v) is 3.25. The Morgan fingerprint density at radius 3 is 2.10 bits per heavy atom. The van der Waals surface area contributed by atoms with Crippen LogP contribution in [0.25, 0.3) is 0 Å². The summed E-state index contributed by atoms with van der Waals surface area (Å²) in [6.07, 6.45) is 1.93. The van der Waals surface area contributed by atoms with E-state index in [1.165, 1.54) is 5.56 Å². The molecule has 2 atom stereocenters. The molecule has 1 amide bonds. The third kappa shape index (κ3) is 3.85. The van der Waals surface area contributed by atoms with Crippen molar-refractivity contribution in [2.24, 2.45) is 11.7 Å². The Labute approximate surface area is 129 Å². The van der Waals surface area contributed by atoms with E-state index in [4.69, 9.17) is 5.73 Å². The van der Waals surface area contributed by atoms with Gasteiger partial charge in [0.2, 0.25) is 5.91 Å². The van der Waals surface area contributed by atoms with Crippen LogP contribution in [0.2, 0.25) is 0 Å². The Hall–Kier alpha value is -1.35. The molecule has 0 saturated heterocycles. The SMILES string of the molecule is CCC(N(C)C)C(C)(C(N)=O)c1ccc(CC(C)C)cc1. The number of hydrogen-bond acceptors (Lipinski definition) is 2. The highest BCUT2D eigenvalue weighted by molar-refractivity contribution is 5.87. The lowest BCUT2D eigenvalue weighted by Crippen LogP contribution is -2.53. The second-order valence-electron chi connectivity index (χ2n) is 6.75. The van der Waals surface area contributed by atoms with Crippen LogP contribution in [0.3, 0.4) is 0 Å². The van der Waals surface area contributed by atoms with Gasteiger partial charge in [0.25, 0.3) is 0 Å². The van der Waals surface area contributed by atoms with Gasteiger partial charge in [-0.05, 0) is 50.9 Å². The largest absolute Gasteiger partial charge is 0.369 e. The van der Waals surface area contributed by atoms with Crippen molar-refractivity contribution in [3.63, 3.8) is 0 Å². The van der Waals surface area contributed by atoms with Gasteiger partial charge < -0.3 is 10.6 Å². The number of carbonyl (C=O) groups is 1. The number of hydrogen-bond donors (Lipinski definition) is 1. The van der Waals surface area contributed by atoms with E-state index in [2.05, 4.69) is 49.9 Å². The second kappa shape index (κ2) is 7.08. The molecule has 1 aromatic carbocycles. The Bertz CT molecular complexity index is 465. The number of nitrogens with zero attached hydrogens (tertiary/aromatic N) is 1. The molecule has 2 N–H and O–H groups in total. The summed E-state index contributed by atoms with van der Waals surface area (Å²) in [6, 6.07) is 8.46. The van der Waals surface area contributed by atoms with Crippen molar-refractivity contribution in [3.8, 4) is 0 Å². The lowest BCUT2D eigenvalue weighted by molar-refractivity contribution is -0.125. The highest BCUT2D eigenvalue weighted by Crippen LogP contribution is 2.32. The van der Waals surface area contributed by atoms with Crippen molar-refractivity contribution in [1.82, 2.24) is 4.90 Å². The van der Waals surface area contributed by atoms with Gasteiger partial charge >= 0.3 is 0 Å². The van der Waals surface area contributed by atoms with Gasteiger partial charge in [-0.25, -0.2) is 0 Å². The van der Waals surface area contributed by atoms with Crippen LogP contribution in [0.1, 0.15) is 45.2 Å². The van der Waals surface area contributed by atoms with Crippen LogP contribution >= 0.6 is 0 Å². The van der Waals surface area contributed by atoms with Crippen molar-refractivity contribution in [2.45, 2.75) is 52.0 Å². The molecule has 0 heterocycles. The van der Waals surface area contributed by atoms with E-state index in [-0.39, 0.29) is 11.9 Å². The van der Waals surface area contributed by atoms with Crippen LogP contribution in [0.15, 0.2) is 24.3 Å². The maximum absolute atomic E-state index is 12.2. The molecule has 1 rings (SSSR count). The van der Waals surface area contributed by atoms with Crippen LogP contribution in [-0.2, 0) is 16.6 Å². The van der Waals surface area contributed by atoms with Gasteiger partial charge in [0.1, 0.15) is 0 Å².